The molecule has 2 aliphatic rings. The SMILES string of the molecule is COc1ccc(Cn2nnnc2[C@H](c2cc3cc4c(cc3[nH]c2=O)OCO4)N2CCC(C)CC2)cc1. The van der Waals surface area contributed by atoms with Crippen molar-refractivity contribution in [3.63, 3.8) is 0 Å². The van der Waals surface area contributed by atoms with E-state index in [9.17, 15) is 4.79 Å². The minimum Gasteiger partial charge on any atom is -0.497 e. The molecular formula is C26H28N6O4. The molecule has 0 spiro atoms. The quantitative estimate of drug-likeness (QED) is 0.441. The Bertz CT molecular complexity index is 1440. The summed E-state index contributed by atoms with van der Waals surface area (Å²) in [6.45, 7) is 4.65. The van der Waals surface area contributed by atoms with E-state index < -0.39 is 0 Å². The Morgan fingerprint density at radius 1 is 1.11 bits per heavy atom. The van der Waals surface area contributed by atoms with Crippen molar-refractivity contribution in [2.45, 2.75) is 32.4 Å². The Morgan fingerprint density at radius 2 is 1.86 bits per heavy atom. The monoisotopic (exact) mass is 488 g/mol. The van der Waals surface area contributed by atoms with Gasteiger partial charge in [-0.05, 0) is 72.1 Å². The lowest BCUT2D eigenvalue weighted by molar-refractivity contribution is 0.149. The van der Waals surface area contributed by atoms with Crippen molar-refractivity contribution in [1.82, 2.24) is 30.1 Å². The van der Waals surface area contributed by atoms with Crippen molar-refractivity contribution < 1.29 is 14.2 Å². The largest absolute Gasteiger partial charge is 0.497 e. The number of nitrogens with one attached hydrogen (secondary N) is 1. The van der Waals surface area contributed by atoms with E-state index in [1.165, 1.54) is 0 Å². The second kappa shape index (κ2) is 9.27. The Labute approximate surface area is 207 Å². The molecule has 1 fully saturated rings. The average molecular weight is 489 g/mol. The van der Waals surface area contributed by atoms with E-state index in [2.05, 4.69) is 32.3 Å². The van der Waals surface area contributed by atoms with E-state index >= 15 is 0 Å². The third-order valence-corrected chi connectivity index (χ3v) is 7.14. The van der Waals surface area contributed by atoms with Crippen LogP contribution in [-0.2, 0) is 6.54 Å². The van der Waals surface area contributed by atoms with Gasteiger partial charge in [-0.3, -0.25) is 9.69 Å². The number of tetrazole rings is 1. The van der Waals surface area contributed by atoms with Crippen LogP contribution in [0.3, 0.4) is 0 Å². The highest BCUT2D eigenvalue weighted by molar-refractivity contribution is 5.83. The van der Waals surface area contributed by atoms with Gasteiger partial charge in [-0.1, -0.05) is 19.1 Å². The van der Waals surface area contributed by atoms with Gasteiger partial charge < -0.3 is 19.2 Å². The van der Waals surface area contributed by atoms with Crippen LogP contribution in [0.15, 0.2) is 47.3 Å². The Morgan fingerprint density at radius 3 is 2.61 bits per heavy atom. The van der Waals surface area contributed by atoms with Crippen LogP contribution in [-0.4, -0.2) is 57.1 Å². The molecule has 2 aromatic heterocycles. The number of rotatable bonds is 6. The molecule has 6 rings (SSSR count). The van der Waals surface area contributed by atoms with Crippen molar-refractivity contribution in [1.29, 1.82) is 0 Å². The molecule has 0 radical (unpaired) electrons. The van der Waals surface area contributed by atoms with Gasteiger partial charge in [0.15, 0.2) is 17.3 Å². The molecule has 0 bridgehead atoms. The number of fused-ring (bicyclic) bond motifs is 2. The lowest BCUT2D eigenvalue weighted by atomic mass is 9.95. The normalized spacial score (nSPS) is 16.9. The summed E-state index contributed by atoms with van der Waals surface area (Å²) < 4.78 is 18.1. The van der Waals surface area contributed by atoms with Crippen molar-refractivity contribution in [2.24, 2.45) is 5.92 Å². The van der Waals surface area contributed by atoms with Crippen LogP contribution in [0, 0.1) is 5.92 Å². The number of piperidine rings is 1. The molecule has 10 heteroatoms. The molecule has 10 nitrogen and oxygen atoms in total. The first kappa shape index (κ1) is 22.5. The molecule has 0 saturated carbocycles. The summed E-state index contributed by atoms with van der Waals surface area (Å²) in [6.07, 6.45) is 2.11. The van der Waals surface area contributed by atoms with Crippen LogP contribution in [0.25, 0.3) is 10.9 Å². The first-order valence-electron chi connectivity index (χ1n) is 12.2. The van der Waals surface area contributed by atoms with Crippen LogP contribution in [0.5, 0.6) is 17.2 Å². The summed E-state index contributed by atoms with van der Waals surface area (Å²) in [5.41, 5.74) is 2.19. The summed E-state index contributed by atoms with van der Waals surface area (Å²) in [7, 11) is 1.65. The summed E-state index contributed by atoms with van der Waals surface area (Å²) >= 11 is 0. The molecule has 2 aromatic carbocycles. The predicted molar refractivity (Wildman–Crippen MR) is 132 cm³/mol. The number of aromatic nitrogens is 5. The Hall–Kier alpha value is -3.92. The van der Waals surface area contributed by atoms with Crippen molar-refractivity contribution in [3.05, 3.63) is 69.8 Å². The molecule has 0 amide bonds. The van der Waals surface area contributed by atoms with E-state index in [4.69, 9.17) is 14.2 Å². The fraction of sp³-hybridized carbons (Fsp3) is 0.385. The summed E-state index contributed by atoms with van der Waals surface area (Å²) in [5.74, 6) is 3.39. The first-order chi connectivity index (χ1) is 17.6. The number of nitrogens with zero attached hydrogens (tertiary/aromatic N) is 5. The zero-order valence-corrected chi connectivity index (χ0v) is 20.3. The maximum atomic E-state index is 13.5. The van der Waals surface area contributed by atoms with Gasteiger partial charge in [-0.2, -0.15) is 0 Å². The number of H-pyrrole nitrogens is 1. The number of ether oxygens (including phenoxy) is 3. The molecule has 0 aliphatic carbocycles. The molecule has 1 N–H and O–H groups in total. The number of hydrogen-bond acceptors (Lipinski definition) is 8. The molecular weight excluding hydrogens is 460 g/mol. The summed E-state index contributed by atoms with van der Waals surface area (Å²) in [6, 6.07) is 13.1. The maximum absolute atomic E-state index is 13.5. The van der Waals surface area contributed by atoms with Crippen LogP contribution in [0.1, 0.15) is 42.8 Å². The van der Waals surface area contributed by atoms with Gasteiger partial charge in [0.25, 0.3) is 5.56 Å². The average Bonchev–Trinajstić information content (AvgIpc) is 3.54. The van der Waals surface area contributed by atoms with Gasteiger partial charge in [-0.25, -0.2) is 4.68 Å². The number of pyridine rings is 1. The fourth-order valence-electron chi connectivity index (χ4n) is 5.03. The first-order valence-corrected chi connectivity index (χ1v) is 12.2. The third-order valence-electron chi connectivity index (χ3n) is 7.14. The molecule has 1 saturated heterocycles. The molecule has 4 heterocycles. The lowest BCUT2D eigenvalue weighted by Gasteiger charge is -2.35. The molecule has 36 heavy (non-hydrogen) atoms. The number of methoxy groups -OCH3 is 1. The molecule has 0 unspecified atom stereocenters. The predicted octanol–water partition coefficient (Wildman–Crippen LogP) is 3.12. The molecule has 4 aromatic rings. The Balaban J connectivity index is 1.43. The van der Waals surface area contributed by atoms with Gasteiger partial charge in [-0.15, -0.1) is 5.10 Å². The molecule has 1 atom stereocenters. The summed E-state index contributed by atoms with van der Waals surface area (Å²) in [5, 5.41) is 13.6. The summed E-state index contributed by atoms with van der Waals surface area (Å²) in [4.78, 5) is 18.8. The standard InChI is InChI=1S/C26H28N6O4/c1-16-7-9-31(10-8-16)24(25-28-29-30-32(25)14-17-3-5-19(34-2)6-4-17)20-11-18-12-22-23(36-15-35-22)13-21(18)27-26(20)33/h3-6,11-13,16,24H,7-10,14-15H2,1-2H3,(H,27,33)/t24-/m0/s1. The minimum absolute atomic E-state index is 0.163. The zero-order valence-electron chi connectivity index (χ0n) is 20.3. The number of benzene rings is 2. The number of hydrogen-bond donors (Lipinski definition) is 1. The van der Waals surface area contributed by atoms with Crippen LogP contribution < -0.4 is 19.8 Å². The van der Waals surface area contributed by atoms with Crippen molar-refractivity contribution in [2.75, 3.05) is 27.0 Å². The van der Waals surface area contributed by atoms with Gasteiger partial charge in [0.1, 0.15) is 11.8 Å². The fourth-order valence-corrected chi connectivity index (χ4v) is 5.03. The highest BCUT2D eigenvalue weighted by Gasteiger charge is 2.32. The van der Waals surface area contributed by atoms with Crippen LogP contribution in [0.2, 0.25) is 0 Å². The van der Waals surface area contributed by atoms with Gasteiger partial charge in [0.05, 0.1) is 19.2 Å². The van der Waals surface area contributed by atoms with E-state index in [-0.39, 0.29) is 18.4 Å². The van der Waals surface area contributed by atoms with Crippen LogP contribution >= 0.6 is 0 Å². The minimum atomic E-state index is -0.385. The van der Waals surface area contributed by atoms with Gasteiger partial charge in [0, 0.05) is 17.0 Å². The van der Waals surface area contributed by atoms with E-state index in [0.29, 0.717) is 40.9 Å². The second-order valence-corrected chi connectivity index (χ2v) is 9.51. The van der Waals surface area contributed by atoms with E-state index in [1.54, 1.807) is 11.8 Å². The lowest BCUT2D eigenvalue weighted by Crippen LogP contribution is -2.40. The van der Waals surface area contributed by atoms with Crippen molar-refractivity contribution in [3.8, 4) is 17.2 Å². The number of aromatic amines is 1. The maximum Gasteiger partial charge on any atom is 0.253 e. The second-order valence-electron chi connectivity index (χ2n) is 9.51. The highest BCUT2D eigenvalue weighted by Crippen LogP contribution is 2.37. The van der Waals surface area contributed by atoms with Gasteiger partial charge in [0.2, 0.25) is 6.79 Å². The van der Waals surface area contributed by atoms with E-state index in [0.717, 1.165) is 42.6 Å². The topological polar surface area (TPSA) is 107 Å². The van der Waals surface area contributed by atoms with Gasteiger partial charge >= 0.3 is 0 Å². The van der Waals surface area contributed by atoms with Crippen molar-refractivity contribution >= 4 is 10.9 Å². The number of likely N-dealkylation sites (tertiary alicyclic amines) is 1. The molecule has 2 aliphatic heterocycles. The zero-order chi connectivity index (χ0) is 24.6. The third kappa shape index (κ3) is 4.17. The van der Waals surface area contributed by atoms with Crippen LogP contribution in [0.4, 0.5) is 0 Å². The Kier molecular flexibility index (Phi) is 5.80. The smallest absolute Gasteiger partial charge is 0.253 e. The highest BCUT2D eigenvalue weighted by atomic mass is 16.7. The van der Waals surface area contributed by atoms with E-state index in [1.807, 2.05) is 42.5 Å². The molecule has 186 valence electrons.